The fourth-order valence-corrected chi connectivity index (χ4v) is 0.866. The van der Waals surface area contributed by atoms with Crippen molar-refractivity contribution in [3.63, 3.8) is 0 Å². The highest BCUT2D eigenvalue weighted by Crippen LogP contribution is 2.14. The number of hydrogen-bond donors (Lipinski definition) is 2. The van der Waals surface area contributed by atoms with Crippen LogP contribution in [-0.4, -0.2) is 9.78 Å². The second-order valence-corrected chi connectivity index (χ2v) is 2.35. The minimum Gasteiger partial charge on any atom is -0.492 e. The lowest BCUT2D eigenvalue weighted by molar-refractivity contribution is 0.427. The van der Waals surface area contributed by atoms with E-state index in [0.717, 1.165) is 0 Å². The van der Waals surface area contributed by atoms with Crippen LogP contribution in [0.15, 0.2) is 10.9 Å². The van der Waals surface area contributed by atoms with Crippen molar-refractivity contribution >= 4 is 0 Å². The van der Waals surface area contributed by atoms with Crippen LogP contribution in [0.1, 0.15) is 11.1 Å². The number of aromatic nitrogens is 1. The van der Waals surface area contributed by atoms with Crippen molar-refractivity contribution in [3.8, 4) is 11.9 Å². The van der Waals surface area contributed by atoms with Crippen molar-refractivity contribution in [2.45, 2.75) is 6.92 Å². The van der Waals surface area contributed by atoms with E-state index < -0.39 is 11.4 Å². The Morgan fingerprint density at radius 3 is 2.83 bits per heavy atom. The van der Waals surface area contributed by atoms with Gasteiger partial charge in [0.15, 0.2) is 0 Å². The van der Waals surface area contributed by atoms with E-state index in [0.29, 0.717) is 10.2 Å². The van der Waals surface area contributed by atoms with Gasteiger partial charge in [0.2, 0.25) is 5.88 Å². The van der Waals surface area contributed by atoms with Crippen LogP contribution in [0, 0.1) is 18.3 Å². The monoisotopic (exact) mass is 165 g/mol. The fourth-order valence-electron chi connectivity index (χ4n) is 0.866. The second kappa shape index (κ2) is 2.58. The van der Waals surface area contributed by atoms with Crippen LogP contribution in [0.4, 0.5) is 0 Å². The third-order valence-corrected chi connectivity index (χ3v) is 1.54. The summed E-state index contributed by atoms with van der Waals surface area (Å²) in [5, 5.41) is 17.7. The first-order valence-corrected chi connectivity index (χ1v) is 3.18. The van der Waals surface area contributed by atoms with E-state index in [1.54, 1.807) is 13.0 Å². The van der Waals surface area contributed by atoms with Crippen molar-refractivity contribution in [1.82, 2.24) is 4.68 Å². The molecular formula is C7H7N3O2. The van der Waals surface area contributed by atoms with Gasteiger partial charge in [-0.2, -0.15) is 9.94 Å². The summed E-state index contributed by atoms with van der Waals surface area (Å²) in [4.78, 5) is 10.9. The first-order chi connectivity index (χ1) is 5.57. The van der Waals surface area contributed by atoms with E-state index in [1.807, 2.05) is 0 Å². The van der Waals surface area contributed by atoms with Crippen molar-refractivity contribution in [3.05, 3.63) is 27.5 Å². The number of nitrogens with two attached hydrogens (primary N) is 1. The van der Waals surface area contributed by atoms with E-state index in [2.05, 4.69) is 0 Å². The summed E-state index contributed by atoms with van der Waals surface area (Å²) in [6.07, 6.45) is 0. The van der Waals surface area contributed by atoms with Crippen molar-refractivity contribution in [2.24, 2.45) is 0 Å². The molecule has 12 heavy (non-hydrogen) atoms. The zero-order valence-corrected chi connectivity index (χ0v) is 6.40. The lowest BCUT2D eigenvalue weighted by Gasteiger charge is -2.04. The van der Waals surface area contributed by atoms with Gasteiger partial charge < -0.3 is 10.9 Å². The zero-order valence-electron chi connectivity index (χ0n) is 6.40. The molecule has 0 aliphatic rings. The van der Waals surface area contributed by atoms with Gasteiger partial charge in [-0.25, -0.2) is 0 Å². The first-order valence-electron chi connectivity index (χ1n) is 3.18. The van der Waals surface area contributed by atoms with Crippen molar-refractivity contribution in [1.29, 1.82) is 5.26 Å². The van der Waals surface area contributed by atoms with Crippen LogP contribution in [0.2, 0.25) is 0 Å². The number of aromatic hydroxyl groups is 1. The molecule has 5 heteroatoms. The molecule has 1 aromatic heterocycles. The van der Waals surface area contributed by atoms with Gasteiger partial charge in [0.05, 0.1) is 0 Å². The highest BCUT2D eigenvalue weighted by Gasteiger charge is 2.09. The third-order valence-electron chi connectivity index (χ3n) is 1.54. The Morgan fingerprint density at radius 1 is 1.75 bits per heavy atom. The Bertz CT molecular complexity index is 414. The molecule has 3 N–H and O–H groups in total. The zero-order chi connectivity index (χ0) is 9.30. The number of aryl methyl sites for hydroxylation is 1. The fraction of sp³-hybridized carbons (Fsp3) is 0.143. The Morgan fingerprint density at radius 2 is 2.33 bits per heavy atom. The minimum atomic E-state index is -0.538. The van der Waals surface area contributed by atoms with Crippen LogP contribution in [-0.2, 0) is 0 Å². The molecule has 0 bridgehead atoms. The van der Waals surface area contributed by atoms with Gasteiger partial charge in [0.1, 0.15) is 11.6 Å². The lowest BCUT2D eigenvalue weighted by atomic mass is 10.2. The maximum atomic E-state index is 10.9. The van der Waals surface area contributed by atoms with Gasteiger partial charge in [-0.3, -0.25) is 4.79 Å². The quantitative estimate of drug-likeness (QED) is 0.504. The average Bonchev–Trinajstić information content (AvgIpc) is 2.01. The average molecular weight is 165 g/mol. The molecule has 0 unspecified atom stereocenters. The highest BCUT2D eigenvalue weighted by atomic mass is 16.3. The van der Waals surface area contributed by atoms with Crippen LogP contribution < -0.4 is 11.4 Å². The summed E-state index contributed by atoms with van der Waals surface area (Å²) in [5.41, 5.74) is -0.0946. The molecule has 0 aromatic carbocycles. The van der Waals surface area contributed by atoms with Gasteiger partial charge >= 0.3 is 0 Å². The summed E-state index contributed by atoms with van der Waals surface area (Å²) in [6.45, 7) is 1.56. The number of nitrogen functional groups attached to an aromatic ring is 1. The predicted octanol–water partition coefficient (Wildman–Crippen LogP) is -0.552. The number of nitriles is 1. The van der Waals surface area contributed by atoms with Gasteiger partial charge in [-0.1, -0.05) is 0 Å². The molecule has 1 aromatic rings. The molecule has 62 valence electrons. The van der Waals surface area contributed by atoms with Crippen LogP contribution in [0.3, 0.4) is 0 Å². The molecule has 0 amide bonds. The summed E-state index contributed by atoms with van der Waals surface area (Å²) in [5.74, 6) is 4.63. The number of hydrogen-bond acceptors (Lipinski definition) is 4. The number of rotatable bonds is 0. The molecular weight excluding hydrogens is 158 g/mol. The van der Waals surface area contributed by atoms with Gasteiger partial charge in [-0.15, -0.1) is 0 Å². The molecule has 0 fully saturated rings. The molecule has 0 atom stereocenters. The Kier molecular flexibility index (Phi) is 1.75. The summed E-state index contributed by atoms with van der Waals surface area (Å²) in [7, 11) is 0. The molecule has 0 spiro atoms. The van der Waals surface area contributed by atoms with Crippen LogP contribution in [0.25, 0.3) is 0 Å². The molecule has 0 aliphatic heterocycles. The van der Waals surface area contributed by atoms with Crippen LogP contribution in [0.5, 0.6) is 5.88 Å². The maximum absolute atomic E-state index is 10.9. The van der Waals surface area contributed by atoms with E-state index in [-0.39, 0.29) is 5.56 Å². The normalized spacial score (nSPS) is 9.33. The molecule has 0 saturated heterocycles. The number of nitrogens with zero attached hydrogens (tertiary/aromatic N) is 2. The van der Waals surface area contributed by atoms with Crippen LogP contribution >= 0.6 is 0 Å². The summed E-state index contributed by atoms with van der Waals surface area (Å²) >= 11 is 0. The van der Waals surface area contributed by atoms with E-state index in [1.165, 1.54) is 6.07 Å². The maximum Gasteiger partial charge on any atom is 0.272 e. The lowest BCUT2D eigenvalue weighted by Crippen LogP contribution is -2.27. The van der Waals surface area contributed by atoms with Crippen molar-refractivity contribution < 1.29 is 5.11 Å². The largest absolute Gasteiger partial charge is 0.492 e. The molecule has 0 saturated carbocycles. The van der Waals surface area contributed by atoms with Gasteiger partial charge in [0.25, 0.3) is 5.56 Å². The van der Waals surface area contributed by atoms with Gasteiger partial charge in [-0.05, 0) is 12.5 Å². The van der Waals surface area contributed by atoms with E-state index >= 15 is 0 Å². The summed E-state index contributed by atoms with van der Waals surface area (Å²) < 4.78 is 0.533. The topological polar surface area (TPSA) is 92.0 Å². The Hall–Kier alpha value is -1.96. The number of pyridine rings is 1. The summed E-state index contributed by atoms with van der Waals surface area (Å²) in [6, 6.07) is 2.93. The standard InChI is InChI=1S/C7H7N3O2/c1-4-2-6(11)10(9)7(12)5(4)3-8/h2,12H,9H2,1H3. The van der Waals surface area contributed by atoms with Gasteiger partial charge in [0, 0.05) is 6.07 Å². The van der Waals surface area contributed by atoms with E-state index in [4.69, 9.17) is 11.1 Å². The Balaban J connectivity index is 3.66. The highest BCUT2D eigenvalue weighted by molar-refractivity contribution is 5.43. The third kappa shape index (κ3) is 0.992. The van der Waals surface area contributed by atoms with E-state index in [9.17, 15) is 9.90 Å². The molecule has 1 heterocycles. The Labute approximate surface area is 68.2 Å². The smallest absolute Gasteiger partial charge is 0.272 e. The SMILES string of the molecule is Cc1cc(=O)n(N)c(O)c1C#N. The molecule has 5 nitrogen and oxygen atoms in total. The predicted molar refractivity (Wildman–Crippen MR) is 42.0 cm³/mol. The second-order valence-electron chi connectivity index (χ2n) is 2.35. The first kappa shape index (κ1) is 8.14. The van der Waals surface area contributed by atoms with Crippen molar-refractivity contribution in [2.75, 3.05) is 5.84 Å². The minimum absolute atomic E-state index is 0.0251. The molecule has 1 rings (SSSR count). The molecule has 0 aliphatic carbocycles. The molecule has 0 radical (unpaired) electrons.